The Bertz CT molecular complexity index is 814. The molecule has 1 unspecified atom stereocenters. The maximum atomic E-state index is 12.5. The van der Waals surface area contributed by atoms with Gasteiger partial charge in [0.1, 0.15) is 11.9 Å². The number of methoxy groups -OCH3 is 1. The number of allylic oxidation sites excluding steroid dienone is 1. The summed E-state index contributed by atoms with van der Waals surface area (Å²) < 4.78 is 9.91. The van der Waals surface area contributed by atoms with E-state index in [-0.39, 0.29) is 17.9 Å². The third kappa shape index (κ3) is 3.56. The largest absolute Gasteiger partial charge is 0.463 e. The van der Waals surface area contributed by atoms with Gasteiger partial charge in [0.2, 0.25) is 0 Å². The van der Waals surface area contributed by atoms with Crippen LogP contribution in [0.25, 0.3) is 0 Å². The van der Waals surface area contributed by atoms with Gasteiger partial charge in [-0.1, -0.05) is 12.1 Å². The van der Waals surface area contributed by atoms with Gasteiger partial charge in [-0.3, -0.25) is 15.0 Å². The number of carbonyl (C=O) groups is 2. The summed E-state index contributed by atoms with van der Waals surface area (Å²) >= 11 is 0. The van der Waals surface area contributed by atoms with Crippen molar-refractivity contribution in [1.29, 1.82) is 0 Å². The Morgan fingerprint density at radius 2 is 2.04 bits per heavy atom. The number of esters is 1. The molecule has 0 saturated carbocycles. The van der Waals surface area contributed by atoms with Crippen LogP contribution in [0.2, 0.25) is 0 Å². The summed E-state index contributed by atoms with van der Waals surface area (Å²) in [5, 5.41) is 11.1. The summed E-state index contributed by atoms with van der Waals surface area (Å²) in [7, 11) is 1.20. The van der Waals surface area contributed by atoms with Gasteiger partial charge in [0, 0.05) is 12.1 Å². The number of hydrogen-bond donors (Lipinski definition) is 0. The zero-order valence-electron chi connectivity index (χ0n) is 14.9. The first-order chi connectivity index (χ1) is 12.3. The lowest BCUT2D eigenvalue weighted by Gasteiger charge is -2.34. The monoisotopic (exact) mass is 361 g/mol. The van der Waals surface area contributed by atoms with Gasteiger partial charge in [-0.2, -0.15) is 0 Å². The van der Waals surface area contributed by atoms with Crippen molar-refractivity contribution in [1.82, 2.24) is 4.90 Å². The van der Waals surface area contributed by atoms with Crippen LogP contribution in [0.1, 0.15) is 32.4 Å². The second-order valence-corrected chi connectivity index (χ2v) is 5.47. The molecular formula is C17H19N3O6. The van der Waals surface area contributed by atoms with Crippen molar-refractivity contribution in [3.05, 3.63) is 51.2 Å². The van der Waals surface area contributed by atoms with E-state index in [1.54, 1.807) is 26.8 Å². The topological polar surface area (TPSA) is 111 Å². The molecule has 1 amide bonds. The number of amides is 1. The molecule has 0 aliphatic carbocycles. The van der Waals surface area contributed by atoms with E-state index >= 15 is 0 Å². The number of aliphatic imine (C=N–C) groups is 1. The molecule has 26 heavy (non-hydrogen) atoms. The zero-order chi connectivity index (χ0) is 19.4. The van der Waals surface area contributed by atoms with Gasteiger partial charge in [-0.15, -0.1) is 0 Å². The van der Waals surface area contributed by atoms with Crippen LogP contribution in [-0.2, 0) is 14.3 Å². The molecule has 1 aliphatic heterocycles. The molecule has 1 heterocycles. The van der Waals surface area contributed by atoms with Gasteiger partial charge in [0.05, 0.1) is 29.9 Å². The van der Waals surface area contributed by atoms with Crippen molar-refractivity contribution in [2.75, 3.05) is 13.7 Å². The molecule has 0 radical (unpaired) electrons. The van der Waals surface area contributed by atoms with E-state index in [0.717, 1.165) is 0 Å². The number of hydrogen-bond acceptors (Lipinski definition) is 7. The number of ether oxygens (including phenoxy) is 2. The predicted octanol–water partition coefficient (Wildman–Crippen LogP) is 2.97. The highest BCUT2D eigenvalue weighted by molar-refractivity contribution is 6.01. The zero-order valence-corrected chi connectivity index (χ0v) is 14.9. The van der Waals surface area contributed by atoms with Crippen LogP contribution >= 0.6 is 0 Å². The first-order valence-corrected chi connectivity index (χ1v) is 7.86. The van der Waals surface area contributed by atoms with E-state index < -0.39 is 23.0 Å². The molecule has 9 nitrogen and oxygen atoms in total. The average Bonchev–Trinajstić information content (AvgIpc) is 2.60. The first kappa shape index (κ1) is 19.1. The normalized spacial score (nSPS) is 16.8. The van der Waals surface area contributed by atoms with Gasteiger partial charge in [0.15, 0.2) is 0 Å². The minimum absolute atomic E-state index is 0.128. The highest BCUT2D eigenvalue weighted by atomic mass is 16.6. The van der Waals surface area contributed by atoms with Crippen LogP contribution in [0.4, 0.5) is 10.5 Å². The molecule has 1 aliphatic rings. The molecule has 1 aromatic rings. The minimum Gasteiger partial charge on any atom is -0.463 e. The molecule has 138 valence electrons. The summed E-state index contributed by atoms with van der Waals surface area (Å²) in [5.74, 6) is -0.342. The van der Waals surface area contributed by atoms with Crippen LogP contribution in [0, 0.1) is 10.1 Å². The molecule has 0 fully saturated rings. The molecule has 1 atom stereocenters. The van der Waals surface area contributed by atoms with Crippen LogP contribution in [0.15, 0.2) is 40.5 Å². The number of nitrogens with zero attached hydrogens (tertiary/aromatic N) is 3. The predicted molar refractivity (Wildman–Crippen MR) is 92.5 cm³/mol. The average molecular weight is 361 g/mol. The molecule has 9 heteroatoms. The minimum atomic E-state index is -0.945. The van der Waals surface area contributed by atoms with E-state index in [2.05, 4.69) is 4.99 Å². The van der Waals surface area contributed by atoms with Crippen molar-refractivity contribution < 1.29 is 24.0 Å². The Hall–Kier alpha value is -3.23. The quantitative estimate of drug-likeness (QED) is 0.463. The maximum absolute atomic E-state index is 12.5. The van der Waals surface area contributed by atoms with Crippen molar-refractivity contribution >= 4 is 23.6 Å². The summed E-state index contributed by atoms with van der Waals surface area (Å²) in [5.41, 5.74) is 0.718. The number of non-ortho nitro benzene ring substituents is 1. The van der Waals surface area contributed by atoms with E-state index in [4.69, 9.17) is 9.47 Å². The second kappa shape index (κ2) is 7.77. The summed E-state index contributed by atoms with van der Waals surface area (Å²) in [6.07, 6.45) is -0.739. The van der Waals surface area contributed by atoms with Gasteiger partial charge in [-0.05, 0) is 26.3 Å². The van der Waals surface area contributed by atoms with E-state index in [1.807, 2.05) is 0 Å². The molecular weight excluding hydrogens is 342 g/mol. The molecule has 0 N–H and O–H groups in total. The lowest BCUT2D eigenvalue weighted by molar-refractivity contribution is -0.384. The fraction of sp³-hybridized carbons (Fsp3) is 0.353. The van der Waals surface area contributed by atoms with Gasteiger partial charge in [-0.25, -0.2) is 14.6 Å². The summed E-state index contributed by atoms with van der Waals surface area (Å²) in [4.78, 5) is 40.8. The van der Waals surface area contributed by atoms with E-state index in [1.165, 1.54) is 30.2 Å². The second-order valence-electron chi connectivity index (χ2n) is 5.47. The number of nitro groups is 1. The highest BCUT2D eigenvalue weighted by Gasteiger charge is 2.39. The fourth-order valence-corrected chi connectivity index (χ4v) is 2.80. The first-order valence-electron chi connectivity index (χ1n) is 7.86. The number of rotatable bonds is 4. The molecule has 0 aromatic heterocycles. The summed E-state index contributed by atoms with van der Waals surface area (Å²) in [6, 6.07) is 4.78. The van der Waals surface area contributed by atoms with Gasteiger partial charge < -0.3 is 9.47 Å². The Morgan fingerprint density at radius 1 is 1.35 bits per heavy atom. The number of amidine groups is 1. The summed E-state index contributed by atoms with van der Waals surface area (Å²) in [6.45, 7) is 5.01. The lowest BCUT2D eigenvalue weighted by Crippen LogP contribution is -2.43. The molecule has 1 aromatic carbocycles. The number of benzene rings is 1. The Balaban J connectivity index is 2.68. The number of nitro benzene ring substituents is 1. The van der Waals surface area contributed by atoms with Crippen LogP contribution < -0.4 is 0 Å². The van der Waals surface area contributed by atoms with Crippen molar-refractivity contribution in [3.63, 3.8) is 0 Å². The van der Waals surface area contributed by atoms with Crippen LogP contribution in [0.3, 0.4) is 0 Å². The Morgan fingerprint density at radius 3 is 2.62 bits per heavy atom. The lowest BCUT2D eigenvalue weighted by atomic mass is 9.93. The highest BCUT2D eigenvalue weighted by Crippen LogP contribution is 2.37. The van der Waals surface area contributed by atoms with Crippen molar-refractivity contribution in [2.24, 2.45) is 4.99 Å². The SMILES string of the molecule is CCOC(=O)C1=C(C)N=C(C)N(C(=O)OC)C1c1cccc([N+](=O)[O-])c1. The number of carbonyl (C=O) groups excluding carboxylic acids is 2. The van der Waals surface area contributed by atoms with Crippen molar-refractivity contribution in [2.45, 2.75) is 26.8 Å². The smallest absolute Gasteiger partial charge is 0.415 e. The fourth-order valence-electron chi connectivity index (χ4n) is 2.80. The molecule has 0 bridgehead atoms. The molecule has 0 saturated heterocycles. The van der Waals surface area contributed by atoms with Crippen LogP contribution in [0.5, 0.6) is 0 Å². The maximum Gasteiger partial charge on any atom is 0.415 e. The Labute approximate surface area is 150 Å². The molecule has 0 spiro atoms. The standard InChI is InChI=1S/C17H19N3O6/c1-5-26-16(21)14-10(2)18-11(3)19(17(22)25-4)15(14)12-7-6-8-13(9-12)20(23)24/h6-9,15H,5H2,1-4H3. The molecule has 2 rings (SSSR count). The van der Waals surface area contributed by atoms with Crippen LogP contribution in [-0.4, -0.2) is 41.4 Å². The third-order valence-electron chi connectivity index (χ3n) is 3.86. The van der Waals surface area contributed by atoms with E-state index in [9.17, 15) is 19.7 Å². The Kier molecular flexibility index (Phi) is 5.71. The van der Waals surface area contributed by atoms with E-state index in [0.29, 0.717) is 17.1 Å². The third-order valence-corrected chi connectivity index (χ3v) is 3.86. The van der Waals surface area contributed by atoms with Crippen molar-refractivity contribution in [3.8, 4) is 0 Å². The van der Waals surface area contributed by atoms with Gasteiger partial charge in [0.25, 0.3) is 5.69 Å². The van der Waals surface area contributed by atoms with Gasteiger partial charge >= 0.3 is 12.1 Å².